The Labute approximate surface area is 158 Å². The molecule has 1 saturated heterocycles. The molecule has 2 fully saturated rings. The van der Waals surface area contributed by atoms with Crippen molar-refractivity contribution in [2.45, 2.75) is 57.1 Å². The fourth-order valence-corrected chi connectivity index (χ4v) is 4.20. The van der Waals surface area contributed by atoms with Crippen LogP contribution in [0.3, 0.4) is 0 Å². The average molecular weight is 380 g/mol. The predicted octanol–water partition coefficient (Wildman–Crippen LogP) is 2.40. The molecule has 0 spiro atoms. The number of β-amino-alcohol motifs (C(OH)–C–C–N with tert-alkyl or cyclic N) is 1. The van der Waals surface area contributed by atoms with Gasteiger partial charge in [-0.25, -0.2) is 0 Å². The Hall–Kier alpha value is -1.66. The largest absolute Gasteiger partial charge is 0.391 e. The molecule has 26 heavy (non-hydrogen) atoms. The maximum Gasteiger partial charge on any atom is 0.255 e. The second kappa shape index (κ2) is 8.82. The summed E-state index contributed by atoms with van der Waals surface area (Å²) in [5.74, 6) is 0.235. The van der Waals surface area contributed by atoms with E-state index in [0.717, 1.165) is 12.8 Å². The Morgan fingerprint density at radius 2 is 2.04 bits per heavy atom. The first-order valence-corrected chi connectivity index (χ1v) is 9.77. The minimum absolute atomic E-state index is 0.0188. The lowest BCUT2D eigenvalue weighted by molar-refractivity contribution is -0.123. The number of hydrogen-bond acceptors (Lipinski definition) is 4. The lowest BCUT2D eigenvalue weighted by Gasteiger charge is -2.36. The van der Waals surface area contributed by atoms with Crippen LogP contribution in [-0.4, -0.2) is 52.0 Å². The van der Waals surface area contributed by atoms with E-state index in [1.807, 2.05) is 0 Å². The smallest absolute Gasteiger partial charge is 0.255 e. The van der Waals surface area contributed by atoms with Crippen molar-refractivity contribution in [2.24, 2.45) is 5.92 Å². The van der Waals surface area contributed by atoms with Crippen LogP contribution in [0.15, 0.2) is 18.5 Å². The summed E-state index contributed by atoms with van der Waals surface area (Å²) < 4.78 is 0. The minimum atomic E-state index is -0.659. The number of rotatable bonds is 4. The number of aliphatic hydroxyl groups excluding tert-OH is 1. The van der Waals surface area contributed by atoms with Gasteiger partial charge in [0.05, 0.1) is 16.7 Å². The quantitative estimate of drug-likeness (QED) is 0.841. The lowest BCUT2D eigenvalue weighted by Crippen LogP contribution is -2.54. The molecule has 0 bridgehead atoms. The molecule has 0 radical (unpaired) electrons. The minimum Gasteiger partial charge on any atom is -0.391 e. The maximum atomic E-state index is 12.7. The van der Waals surface area contributed by atoms with E-state index in [-0.39, 0.29) is 29.4 Å². The van der Waals surface area contributed by atoms with Crippen LogP contribution in [0.2, 0.25) is 5.02 Å². The number of piperidine rings is 1. The summed E-state index contributed by atoms with van der Waals surface area (Å²) in [6, 6.07) is 1.34. The number of carbonyl (C=O) groups is 2. The van der Waals surface area contributed by atoms with Crippen LogP contribution in [0.25, 0.3) is 0 Å². The highest BCUT2D eigenvalue weighted by Crippen LogP contribution is 2.26. The molecule has 1 aromatic heterocycles. The van der Waals surface area contributed by atoms with Gasteiger partial charge in [-0.2, -0.15) is 0 Å². The molecule has 3 rings (SSSR count). The standard InChI is InChI=1S/C19H26ClN3O3/c20-17-10-21-7-6-16(17)19(26)23-11-14(9-15(24)12-23)22-18(25)8-13-4-2-1-3-5-13/h6-7,10,13-15,24H,1-5,8-9,11-12H2,(H,22,25)/t14-,15+/m0/s1. The molecule has 1 aliphatic carbocycles. The highest BCUT2D eigenvalue weighted by atomic mass is 35.5. The molecular weight excluding hydrogens is 354 g/mol. The lowest BCUT2D eigenvalue weighted by atomic mass is 9.86. The molecule has 2 atom stereocenters. The second-order valence-electron chi connectivity index (χ2n) is 7.43. The molecule has 2 aliphatic rings. The molecule has 0 unspecified atom stereocenters. The number of halogens is 1. The fourth-order valence-electron chi connectivity index (χ4n) is 4.00. The van der Waals surface area contributed by atoms with Gasteiger partial charge in [0.1, 0.15) is 0 Å². The van der Waals surface area contributed by atoms with E-state index in [1.54, 1.807) is 11.0 Å². The van der Waals surface area contributed by atoms with E-state index in [2.05, 4.69) is 10.3 Å². The first kappa shape index (κ1) is 19.1. The summed E-state index contributed by atoms with van der Waals surface area (Å²) in [6.07, 6.45) is 9.19. The molecule has 1 aliphatic heterocycles. The van der Waals surface area contributed by atoms with Crippen LogP contribution in [0.5, 0.6) is 0 Å². The number of aromatic nitrogens is 1. The van der Waals surface area contributed by atoms with E-state index in [9.17, 15) is 14.7 Å². The van der Waals surface area contributed by atoms with Gasteiger partial charge in [-0.3, -0.25) is 14.6 Å². The van der Waals surface area contributed by atoms with Crippen molar-refractivity contribution < 1.29 is 14.7 Å². The number of aliphatic hydroxyl groups is 1. The molecule has 0 aromatic carbocycles. The Bertz CT molecular complexity index is 649. The van der Waals surface area contributed by atoms with E-state index >= 15 is 0 Å². The zero-order valence-corrected chi connectivity index (χ0v) is 15.6. The van der Waals surface area contributed by atoms with Gasteiger partial charge >= 0.3 is 0 Å². The summed E-state index contributed by atoms with van der Waals surface area (Å²) >= 11 is 6.06. The number of pyridine rings is 1. The number of nitrogens with zero attached hydrogens (tertiary/aromatic N) is 2. The van der Waals surface area contributed by atoms with Crippen LogP contribution in [0, 0.1) is 5.92 Å². The predicted molar refractivity (Wildman–Crippen MR) is 98.9 cm³/mol. The van der Waals surface area contributed by atoms with Crippen LogP contribution >= 0.6 is 11.6 Å². The van der Waals surface area contributed by atoms with Crippen molar-refractivity contribution in [3.63, 3.8) is 0 Å². The monoisotopic (exact) mass is 379 g/mol. The van der Waals surface area contributed by atoms with Crippen molar-refractivity contribution in [1.29, 1.82) is 0 Å². The van der Waals surface area contributed by atoms with Gasteiger partial charge in [0.15, 0.2) is 0 Å². The highest BCUT2D eigenvalue weighted by Gasteiger charge is 2.31. The maximum absolute atomic E-state index is 12.7. The van der Waals surface area contributed by atoms with E-state index in [1.165, 1.54) is 31.7 Å². The number of amides is 2. The topological polar surface area (TPSA) is 82.5 Å². The third-order valence-corrected chi connectivity index (χ3v) is 5.58. The van der Waals surface area contributed by atoms with Gasteiger partial charge < -0.3 is 15.3 Å². The summed E-state index contributed by atoms with van der Waals surface area (Å²) in [6.45, 7) is 0.622. The van der Waals surface area contributed by atoms with Gasteiger partial charge in [0.25, 0.3) is 5.91 Å². The normalized spacial score (nSPS) is 24.3. The highest BCUT2D eigenvalue weighted by molar-refractivity contribution is 6.33. The van der Waals surface area contributed by atoms with Crippen molar-refractivity contribution in [3.05, 3.63) is 29.0 Å². The van der Waals surface area contributed by atoms with Crippen molar-refractivity contribution >= 4 is 23.4 Å². The summed E-state index contributed by atoms with van der Waals surface area (Å²) in [5.41, 5.74) is 0.364. The van der Waals surface area contributed by atoms with Crippen molar-refractivity contribution in [3.8, 4) is 0 Å². The van der Waals surface area contributed by atoms with E-state index in [4.69, 9.17) is 11.6 Å². The summed E-state index contributed by atoms with van der Waals surface area (Å²) in [7, 11) is 0. The average Bonchev–Trinajstić information content (AvgIpc) is 2.62. The molecule has 6 nitrogen and oxygen atoms in total. The number of carbonyl (C=O) groups excluding carboxylic acids is 2. The van der Waals surface area contributed by atoms with E-state index in [0.29, 0.717) is 30.9 Å². The Morgan fingerprint density at radius 1 is 1.27 bits per heavy atom. The van der Waals surface area contributed by atoms with Gasteiger partial charge in [0.2, 0.25) is 5.91 Å². The van der Waals surface area contributed by atoms with Crippen LogP contribution in [0.1, 0.15) is 55.3 Å². The third kappa shape index (κ3) is 4.95. The second-order valence-corrected chi connectivity index (χ2v) is 7.83. The summed E-state index contributed by atoms with van der Waals surface area (Å²) in [4.78, 5) is 30.5. The Kier molecular flexibility index (Phi) is 6.48. The molecule has 1 saturated carbocycles. The Morgan fingerprint density at radius 3 is 2.77 bits per heavy atom. The van der Waals surface area contributed by atoms with Gasteiger partial charge in [0, 0.05) is 37.9 Å². The molecule has 2 amide bonds. The molecule has 2 N–H and O–H groups in total. The Balaban J connectivity index is 1.58. The number of hydrogen-bond donors (Lipinski definition) is 2. The molecule has 1 aromatic rings. The van der Waals surface area contributed by atoms with Crippen LogP contribution < -0.4 is 5.32 Å². The molecule has 7 heteroatoms. The van der Waals surface area contributed by atoms with Crippen LogP contribution in [0.4, 0.5) is 0 Å². The SMILES string of the molecule is O=C(CC1CCCCC1)N[C@H]1C[C@@H](O)CN(C(=O)c2ccncc2Cl)C1. The molecule has 2 heterocycles. The first-order valence-electron chi connectivity index (χ1n) is 9.39. The van der Waals surface area contributed by atoms with Crippen LogP contribution in [-0.2, 0) is 4.79 Å². The number of likely N-dealkylation sites (tertiary alicyclic amines) is 1. The summed E-state index contributed by atoms with van der Waals surface area (Å²) in [5, 5.41) is 13.5. The van der Waals surface area contributed by atoms with Crippen molar-refractivity contribution in [1.82, 2.24) is 15.2 Å². The fraction of sp³-hybridized carbons (Fsp3) is 0.632. The third-order valence-electron chi connectivity index (χ3n) is 5.28. The zero-order valence-electron chi connectivity index (χ0n) is 14.9. The van der Waals surface area contributed by atoms with Crippen molar-refractivity contribution in [2.75, 3.05) is 13.1 Å². The zero-order chi connectivity index (χ0) is 18.5. The first-order chi connectivity index (χ1) is 12.5. The molecular formula is C19H26ClN3O3. The number of nitrogens with one attached hydrogen (secondary N) is 1. The molecule has 142 valence electrons. The van der Waals surface area contributed by atoms with Gasteiger partial charge in [-0.1, -0.05) is 30.9 Å². The van der Waals surface area contributed by atoms with Gasteiger partial charge in [-0.05, 0) is 31.2 Å². The van der Waals surface area contributed by atoms with Gasteiger partial charge in [-0.15, -0.1) is 0 Å². The van der Waals surface area contributed by atoms with E-state index < -0.39 is 6.10 Å².